The molecule has 9 rings (SSSR count). The van der Waals surface area contributed by atoms with E-state index in [2.05, 4.69) is 188 Å². The molecule has 0 radical (unpaired) electrons. The molecule has 8 aromatic rings. The summed E-state index contributed by atoms with van der Waals surface area (Å²) in [6, 6.07) is 72.2. The minimum atomic E-state index is -0.414. The highest BCUT2D eigenvalue weighted by atomic mass is 14.7. The monoisotopic (exact) mass is 623 g/mol. The highest BCUT2D eigenvalue weighted by molar-refractivity contribution is 5.88. The lowest BCUT2D eigenvalue weighted by Crippen LogP contribution is -2.28. The summed E-state index contributed by atoms with van der Waals surface area (Å²) in [7, 11) is 0. The molecule has 230 valence electrons. The van der Waals surface area contributed by atoms with Crippen molar-refractivity contribution in [3.05, 3.63) is 222 Å². The fourth-order valence-corrected chi connectivity index (χ4v) is 7.69. The summed E-state index contributed by atoms with van der Waals surface area (Å²) in [6.45, 7) is 0. The molecule has 0 amide bonds. The van der Waals surface area contributed by atoms with Crippen molar-refractivity contribution in [2.75, 3.05) is 0 Å². The van der Waals surface area contributed by atoms with Gasteiger partial charge >= 0.3 is 0 Å². The van der Waals surface area contributed by atoms with Crippen molar-refractivity contribution in [2.24, 2.45) is 0 Å². The van der Waals surface area contributed by atoms with Crippen LogP contribution in [0.25, 0.3) is 55.9 Å². The molecule has 1 heteroatoms. The SMILES string of the molecule is c1ccc(-c2cc(-c3ccc(-c4ccc5c(c4)C(c4ccccc4)(c4ccccc4)c4ccccc4-5)cc3)cc(-c3ccccc3)n2)cc1. The van der Waals surface area contributed by atoms with Crippen molar-refractivity contribution < 1.29 is 0 Å². The third-order valence-corrected chi connectivity index (χ3v) is 9.97. The number of fused-ring (bicyclic) bond motifs is 3. The van der Waals surface area contributed by atoms with E-state index in [0.29, 0.717) is 0 Å². The molecule has 1 aliphatic carbocycles. The van der Waals surface area contributed by atoms with E-state index in [1.54, 1.807) is 0 Å². The van der Waals surface area contributed by atoms with Crippen LogP contribution >= 0.6 is 0 Å². The zero-order valence-electron chi connectivity index (χ0n) is 27.0. The van der Waals surface area contributed by atoms with Gasteiger partial charge < -0.3 is 0 Å². The van der Waals surface area contributed by atoms with Gasteiger partial charge in [0.25, 0.3) is 0 Å². The highest BCUT2D eigenvalue weighted by Crippen LogP contribution is 2.56. The molecule has 1 aliphatic rings. The standard InChI is InChI=1S/C48H33N/c1-5-15-36(16-6-1)46-32-39(33-47(49-46)37-17-7-2-8-18-37)35-27-25-34(26-28-35)38-29-30-43-42-23-13-14-24-44(42)48(45(43)31-38,40-19-9-3-10-20-40)41-21-11-4-12-22-41/h1-33H. The average Bonchev–Trinajstić information content (AvgIpc) is 3.49. The number of aromatic nitrogens is 1. The van der Waals surface area contributed by atoms with Gasteiger partial charge in [-0.3, -0.25) is 0 Å². The predicted octanol–water partition coefficient (Wildman–Crippen LogP) is 12.1. The first-order valence-electron chi connectivity index (χ1n) is 16.9. The van der Waals surface area contributed by atoms with E-state index in [4.69, 9.17) is 4.98 Å². The molecule has 0 spiro atoms. The van der Waals surface area contributed by atoms with Gasteiger partial charge in [-0.25, -0.2) is 4.98 Å². The molecule has 0 aliphatic heterocycles. The number of hydrogen-bond acceptors (Lipinski definition) is 1. The van der Waals surface area contributed by atoms with Crippen LogP contribution < -0.4 is 0 Å². The van der Waals surface area contributed by atoms with Crippen LogP contribution in [-0.4, -0.2) is 4.98 Å². The van der Waals surface area contributed by atoms with E-state index < -0.39 is 5.41 Å². The van der Waals surface area contributed by atoms with E-state index in [-0.39, 0.29) is 0 Å². The van der Waals surface area contributed by atoms with Crippen LogP contribution in [0.15, 0.2) is 200 Å². The van der Waals surface area contributed by atoms with Gasteiger partial charge in [0, 0.05) is 11.1 Å². The van der Waals surface area contributed by atoms with E-state index in [1.807, 2.05) is 12.1 Å². The van der Waals surface area contributed by atoms with Gasteiger partial charge in [0.15, 0.2) is 0 Å². The fourth-order valence-electron chi connectivity index (χ4n) is 7.69. The lowest BCUT2D eigenvalue weighted by Gasteiger charge is -2.34. The Morgan fingerprint density at radius 1 is 0.286 bits per heavy atom. The molecule has 0 atom stereocenters. The second-order valence-electron chi connectivity index (χ2n) is 12.7. The molecule has 0 saturated heterocycles. The van der Waals surface area contributed by atoms with E-state index in [9.17, 15) is 0 Å². The summed E-state index contributed by atoms with van der Waals surface area (Å²) in [4.78, 5) is 5.08. The average molecular weight is 624 g/mol. The van der Waals surface area contributed by atoms with Gasteiger partial charge in [0.2, 0.25) is 0 Å². The Labute approximate surface area is 287 Å². The van der Waals surface area contributed by atoms with Crippen molar-refractivity contribution in [1.29, 1.82) is 0 Å². The summed E-state index contributed by atoms with van der Waals surface area (Å²) in [5.74, 6) is 0. The van der Waals surface area contributed by atoms with Crippen LogP contribution in [0.5, 0.6) is 0 Å². The van der Waals surface area contributed by atoms with Crippen molar-refractivity contribution in [3.8, 4) is 55.9 Å². The van der Waals surface area contributed by atoms with Crippen molar-refractivity contribution >= 4 is 0 Å². The Kier molecular flexibility index (Phi) is 7.10. The first-order chi connectivity index (χ1) is 24.3. The van der Waals surface area contributed by atoms with Gasteiger partial charge in [-0.05, 0) is 73.8 Å². The molecule has 1 nitrogen and oxygen atoms in total. The Morgan fingerprint density at radius 3 is 1.27 bits per heavy atom. The molecular weight excluding hydrogens is 591 g/mol. The lowest BCUT2D eigenvalue weighted by molar-refractivity contribution is 0.769. The van der Waals surface area contributed by atoms with E-state index in [1.165, 1.54) is 44.5 Å². The summed E-state index contributed by atoms with van der Waals surface area (Å²) in [5.41, 5.74) is 16.3. The van der Waals surface area contributed by atoms with Gasteiger partial charge in [0.05, 0.1) is 16.8 Å². The van der Waals surface area contributed by atoms with Crippen LogP contribution in [0.3, 0.4) is 0 Å². The van der Waals surface area contributed by atoms with Crippen LogP contribution in [0.2, 0.25) is 0 Å². The molecule has 0 bridgehead atoms. The Hall–Kier alpha value is -6.31. The molecule has 0 saturated carbocycles. The second kappa shape index (κ2) is 12.0. The smallest absolute Gasteiger partial charge is 0.0715 e. The third-order valence-electron chi connectivity index (χ3n) is 9.97. The zero-order valence-corrected chi connectivity index (χ0v) is 27.0. The normalized spacial score (nSPS) is 12.7. The van der Waals surface area contributed by atoms with Crippen LogP contribution in [0.1, 0.15) is 22.3 Å². The largest absolute Gasteiger partial charge is 0.248 e. The fraction of sp³-hybridized carbons (Fsp3) is 0.0208. The van der Waals surface area contributed by atoms with Gasteiger partial charge in [-0.1, -0.05) is 182 Å². The second-order valence-corrected chi connectivity index (χ2v) is 12.7. The van der Waals surface area contributed by atoms with E-state index in [0.717, 1.165) is 33.6 Å². The summed E-state index contributed by atoms with van der Waals surface area (Å²) in [5, 5.41) is 0. The van der Waals surface area contributed by atoms with Gasteiger partial charge in [0.1, 0.15) is 0 Å². The molecule has 1 heterocycles. The maximum Gasteiger partial charge on any atom is 0.0715 e. The number of nitrogens with zero attached hydrogens (tertiary/aromatic N) is 1. The lowest BCUT2D eigenvalue weighted by atomic mass is 9.67. The Morgan fingerprint density at radius 2 is 0.714 bits per heavy atom. The number of hydrogen-bond donors (Lipinski definition) is 0. The Balaban J connectivity index is 1.17. The maximum absolute atomic E-state index is 5.08. The van der Waals surface area contributed by atoms with Gasteiger partial charge in [-0.2, -0.15) is 0 Å². The first-order valence-corrected chi connectivity index (χ1v) is 16.9. The Bertz CT molecular complexity index is 2300. The quantitative estimate of drug-likeness (QED) is 0.180. The summed E-state index contributed by atoms with van der Waals surface area (Å²) >= 11 is 0. The zero-order chi connectivity index (χ0) is 32.6. The van der Waals surface area contributed by atoms with Crippen molar-refractivity contribution in [3.63, 3.8) is 0 Å². The summed E-state index contributed by atoms with van der Waals surface area (Å²) in [6.07, 6.45) is 0. The van der Waals surface area contributed by atoms with Crippen LogP contribution in [0.4, 0.5) is 0 Å². The topological polar surface area (TPSA) is 12.9 Å². The molecule has 0 unspecified atom stereocenters. The highest BCUT2D eigenvalue weighted by Gasteiger charge is 2.46. The minimum Gasteiger partial charge on any atom is -0.248 e. The molecular formula is C48H33N. The van der Waals surface area contributed by atoms with E-state index >= 15 is 0 Å². The summed E-state index contributed by atoms with van der Waals surface area (Å²) < 4.78 is 0. The first kappa shape index (κ1) is 28.9. The minimum absolute atomic E-state index is 0.414. The number of rotatable bonds is 6. The molecule has 0 fully saturated rings. The third kappa shape index (κ3) is 4.91. The molecule has 1 aromatic heterocycles. The molecule has 0 N–H and O–H groups in total. The number of pyridine rings is 1. The molecule has 7 aromatic carbocycles. The number of benzene rings is 7. The van der Waals surface area contributed by atoms with Crippen LogP contribution in [-0.2, 0) is 5.41 Å². The van der Waals surface area contributed by atoms with Crippen LogP contribution in [0, 0.1) is 0 Å². The van der Waals surface area contributed by atoms with Gasteiger partial charge in [-0.15, -0.1) is 0 Å². The van der Waals surface area contributed by atoms with Crippen molar-refractivity contribution in [2.45, 2.75) is 5.41 Å². The molecule has 49 heavy (non-hydrogen) atoms. The predicted molar refractivity (Wildman–Crippen MR) is 203 cm³/mol. The van der Waals surface area contributed by atoms with Crippen molar-refractivity contribution in [1.82, 2.24) is 4.98 Å². The maximum atomic E-state index is 5.08.